The highest BCUT2D eigenvalue weighted by Gasteiger charge is 2.20. The van der Waals surface area contributed by atoms with Gasteiger partial charge in [-0.05, 0) is 36.8 Å². The summed E-state index contributed by atoms with van der Waals surface area (Å²) in [4.78, 5) is 27.5. The van der Waals surface area contributed by atoms with Gasteiger partial charge in [0.05, 0.1) is 19.6 Å². The van der Waals surface area contributed by atoms with E-state index in [1.807, 2.05) is 37.3 Å². The Morgan fingerprint density at radius 1 is 1.15 bits per heavy atom. The van der Waals surface area contributed by atoms with Crippen LogP contribution in [0.3, 0.4) is 0 Å². The molecule has 3 rings (SSSR count). The van der Waals surface area contributed by atoms with Gasteiger partial charge in [0, 0.05) is 15.9 Å². The summed E-state index contributed by atoms with van der Waals surface area (Å²) in [7, 11) is 1.33. The van der Waals surface area contributed by atoms with Crippen LogP contribution < -0.4 is 5.32 Å². The lowest BCUT2D eigenvalue weighted by atomic mass is 10.0. The highest BCUT2D eigenvalue weighted by Crippen LogP contribution is 2.22. The Labute approximate surface area is 156 Å². The molecule has 0 bridgehead atoms. The van der Waals surface area contributed by atoms with Gasteiger partial charge < -0.3 is 15.0 Å². The maximum absolute atomic E-state index is 12.7. The van der Waals surface area contributed by atoms with E-state index in [2.05, 4.69) is 10.3 Å². The van der Waals surface area contributed by atoms with Crippen LogP contribution >= 0.6 is 11.6 Å². The first-order valence-electron chi connectivity index (χ1n) is 8.19. The van der Waals surface area contributed by atoms with Crippen LogP contribution in [0.25, 0.3) is 10.9 Å². The van der Waals surface area contributed by atoms with Crippen molar-refractivity contribution in [2.75, 3.05) is 7.11 Å². The molecule has 0 aliphatic carbocycles. The quantitative estimate of drug-likeness (QED) is 0.662. The van der Waals surface area contributed by atoms with Crippen LogP contribution in [-0.2, 0) is 9.53 Å². The summed E-state index contributed by atoms with van der Waals surface area (Å²) >= 11 is 5.99. The number of amides is 1. The number of aryl methyl sites for hydroxylation is 1. The number of aromatic amines is 1. The highest BCUT2D eigenvalue weighted by atomic mass is 35.5. The van der Waals surface area contributed by atoms with Crippen molar-refractivity contribution in [2.24, 2.45) is 0 Å². The van der Waals surface area contributed by atoms with Crippen LogP contribution in [0.15, 0.2) is 48.5 Å². The number of ether oxygens (including phenoxy) is 1. The molecule has 1 amide bonds. The van der Waals surface area contributed by atoms with Gasteiger partial charge in [-0.15, -0.1) is 0 Å². The second-order valence-electron chi connectivity index (χ2n) is 6.13. The molecule has 2 aromatic carbocycles. The van der Waals surface area contributed by atoms with E-state index in [0.717, 1.165) is 22.0 Å². The number of H-pyrrole nitrogens is 1. The Bertz CT molecular complexity index is 947. The van der Waals surface area contributed by atoms with Crippen LogP contribution in [0.4, 0.5) is 0 Å². The molecule has 0 aliphatic heterocycles. The number of carbonyl (C=O) groups excluding carboxylic acids is 2. The number of benzene rings is 2. The number of methoxy groups -OCH3 is 1. The van der Waals surface area contributed by atoms with E-state index in [-0.39, 0.29) is 18.3 Å². The molecule has 1 unspecified atom stereocenters. The van der Waals surface area contributed by atoms with Crippen molar-refractivity contribution in [3.05, 3.63) is 70.4 Å². The smallest absolute Gasteiger partial charge is 0.307 e. The molecule has 26 heavy (non-hydrogen) atoms. The second kappa shape index (κ2) is 7.62. The van der Waals surface area contributed by atoms with Crippen LogP contribution in [0.1, 0.15) is 34.1 Å². The third-order valence-corrected chi connectivity index (χ3v) is 4.45. The normalized spacial score (nSPS) is 12.0. The molecule has 1 heterocycles. The maximum atomic E-state index is 12.7. The molecule has 5 nitrogen and oxygen atoms in total. The lowest BCUT2D eigenvalue weighted by Crippen LogP contribution is -2.30. The lowest BCUT2D eigenvalue weighted by molar-refractivity contribution is -0.141. The molecule has 1 aromatic heterocycles. The molecule has 6 heteroatoms. The number of fused-ring (bicyclic) bond motifs is 1. The fourth-order valence-electron chi connectivity index (χ4n) is 2.76. The van der Waals surface area contributed by atoms with E-state index in [1.165, 1.54) is 7.11 Å². The average Bonchev–Trinajstić information content (AvgIpc) is 3.05. The van der Waals surface area contributed by atoms with Gasteiger partial charge in [0.1, 0.15) is 5.69 Å². The minimum Gasteiger partial charge on any atom is -0.469 e. The number of hydrogen-bond donors (Lipinski definition) is 2. The second-order valence-corrected chi connectivity index (χ2v) is 6.57. The molecular formula is C20H19ClN2O3. The molecular weight excluding hydrogens is 352 g/mol. The maximum Gasteiger partial charge on any atom is 0.307 e. The van der Waals surface area contributed by atoms with E-state index in [9.17, 15) is 9.59 Å². The van der Waals surface area contributed by atoms with Gasteiger partial charge in [-0.25, -0.2) is 0 Å². The van der Waals surface area contributed by atoms with E-state index in [0.29, 0.717) is 10.7 Å². The number of esters is 1. The third-order valence-electron chi connectivity index (χ3n) is 4.21. The van der Waals surface area contributed by atoms with Crippen molar-refractivity contribution >= 4 is 34.4 Å². The molecule has 1 atom stereocenters. The fraction of sp³-hybridized carbons (Fsp3) is 0.200. The van der Waals surface area contributed by atoms with E-state index >= 15 is 0 Å². The summed E-state index contributed by atoms with van der Waals surface area (Å²) in [6, 6.07) is 14.3. The first kappa shape index (κ1) is 18.0. The van der Waals surface area contributed by atoms with Crippen molar-refractivity contribution in [1.82, 2.24) is 10.3 Å². The minimum atomic E-state index is -0.481. The summed E-state index contributed by atoms with van der Waals surface area (Å²) in [6.07, 6.45) is 0.0529. The average molecular weight is 371 g/mol. The summed E-state index contributed by atoms with van der Waals surface area (Å²) < 4.78 is 4.76. The molecule has 3 aromatic rings. The number of hydrogen-bond acceptors (Lipinski definition) is 3. The standard InChI is InChI=1S/C20H19ClN2O3/c1-12-3-5-13(6-4-12)17(11-19(24)26-2)23-20(25)18-10-14-9-15(21)7-8-16(14)22-18/h3-10,17,22H,11H2,1-2H3,(H,23,25). The lowest BCUT2D eigenvalue weighted by Gasteiger charge is -2.18. The summed E-state index contributed by atoms with van der Waals surface area (Å²) in [5.41, 5.74) is 3.17. The molecule has 0 radical (unpaired) electrons. The summed E-state index contributed by atoms with van der Waals surface area (Å²) in [6.45, 7) is 1.98. The van der Waals surface area contributed by atoms with Crippen molar-refractivity contribution in [1.29, 1.82) is 0 Å². The molecule has 2 N–H and O–H groups in total. The van der Waals surface area contributed by atoms with Crippen LogP contribution in [0.2, 0.25) is 5.02 Å². The Kier molecular flexibility index (Phi) is 5.28. The Balaban J connectivity index is 1.85. The zero-order valence-corrected chi connectivity index (χ0v) is 15.3. The molecule has 134 valence electrons. The Hall–Kier alpha value is -2.79. The molecule has 0 saturated carbocycles. The van der Waals surface area contributed by atoms with E-state index < -0.39 is 6.04 Å². The highest BCUT2D eigenvalue weighted by molar-refractivity contribution is 6.31. The van der Waals surface area contributed by atoms with Crippen molar-refractivity contribution < 1.29 is 14.3 Å². The number of aromatic nitrogens is 1. The van der Waals surface area contributed by atoms with E-state index in [1.54, 1.807) is 18.2 Å². The van der Waals surface area contributed by atoms with Crippen LogP contribution in [0, 0.1) is 6.92 Å². The molecule has 0 spiro atoms. The number of carbonyl (C=O) groups is 2. The predicted molar refractivity (Wildman–Crippen MR) is 101 cm³/mol. The third kappa shape index (κ3) is 4.06. The van der Waals surface area contributed by atoms with Gasteiger partial charge in [-0.1, -0.05) is 41.4 Å². The van der Waals surface area contributed by atoms with Gasteiger partial charge in [-0.3, -0.25) is 9.59 Å². The predicted octanol–water partition coefficient (Wildman–Crippen LogP) is 4.16. The minimum absolute atomic E-state index is 0.0529. The number of rotatable bonds is 5. The van der Waals surface area contributed by atoms with Gasteiger partial charge in [-0.2, -0.15) is 0 Å². The van der Waals surface area contributed by atoms with E-state index in [4.69, 9.17) is 16.3 Å². The molecule has 0 fully saturated rings. The first-order valence-corrected chi connectivity index (χ1v) is 8.56. The Morgan fingerprint density at radius 3 is 2.58 bits per heavy atom. The molecule has 0 saturated heterocycles. The largest absolute Gasteiger partial charge is 0.469 e. The fourth-order valence-corrected chi connectivity index (χ4v) is 2.94. The molecule has 0 aliphatic rings. The summed E-state index contributed by atoms with van der Waals surface area (Å²) in [5, 5.41) is 4.36. The number of nitrogens with one attached hydrogen (secondary N) is 2. The van der Waals surface area contributed by atoms with Gasteiger partial charge >= 0.3 is 5.97 Å². The topological polar surface area (TPSA) is 71.2 Å². The van der Waals surface area contributed by atoms with Gasteiger partial charge in [0.2, 0.25) is 0 Å². The Morgan fingerprint density at radius 2 is 1.88 bits per heavy atom. The monoisotopic (exact) mass is 370 g/mol. The SMILES string of the molecule is COC(=O)CC(NC(=O)c1cc2cc(Cl)ccc2[nH]1)c1ccc(C)cc1. The summed E-state index contributed by atoms with van der Waals surface area (Å²) in [5.74, 6) is -0.689. The van der Waals surface area contributed by atoms with Crippen LogP contribution in [-0.4, -0.2) is 24.0 Å². The first-order chi connectivity index (χ1) is 12.5. The van der Waals surface area contributed by atoms with Crippen molar-refractivity contribution in [3.63, 3.8) is 0 Å². The van der Waals surface area contributed by atoms with Gasteiger partial charge in [0.25, 0.3) is 5.91 Å². The van der Waals surface area contributed by atoms with Crippen molar-refractivity contribution in [3.8, 4) is 0 Å². The zero-order chi connectivity index (χ0) is 18.7. The van der Waals surface area contributed by atoms with Gasteiger partial charge in [0.15, 0.2) is 0 Å². The number of halogens is 1. The van der Waals surface area contributed by atoms with Crippen molar-refractivity contribution in [2.45, 2.75) is 19.4 Å². The zero-order valence-electron chi connectivity index (χ0n) is 14.5. The van der Waals surface area contributed by atoms with Crippen LogP contribution in [0.5, 0.6) is 0 Å².